The Morgan fingerprint density at radius 1 is 1.22 bits per heavy atom. The monoisotopic (exact) mass is 521 g/mol. The van der Waals surface area contributed by atoms with E-state index in [1.807, 2.05) is 44.4 Å². The SMILES string of the molecule is CC1=C[C@]23C(=O)[C@@H](C=C4COC(C)(C)O[C@H]4[C@]2(O)[C@H]1Oc1nccc2ccsc12)[C@H]1[C@@H](C[C@H]3C)C1(C)C. The molecule has 7 heteroatoms. The third-order valence-corrected chi connectivity index (χ3v) is 11.2. The number of nitrogens with zero attached hydrogens (tertiary/aromatic N) is 1. The van der Waals surface area contributed by atoms with E-state index < -0.39 is 29.0 Å². The number of thiophene rings is 1. The highest BCUT2D eigenvalue weighted by molar-refractivity contribution is 7.17. The van der Waals surface area contributed by atoms with E-state index in [4.69, 9.17) is 14.2 Å². The Morgan fingerprint density at radius 3 is 2.78 bits per heavy atom. The highest BCUT2D eigenvalue weighted by atomic mass is 32.1. The maximum Gasteiger partial charge on any atom is 0.232 e. The molecule has 196 valence electrons. The third-order valence-electron chi connectivity index (χ3n) is 10.2. The average Bonchev–Trinajstić information content (AvgIpc) is 3.13. The minimum Gasteiger partial charge on any atom is -0.466 e. The van der Waals surface area contributed by atoms with Gasteiger partial charge in [-0.1, -0.05) is 32.9 Å². The van der Waals surface area contributed by atoms with Crippen molar-refractivity contribution in [3.05, 3.63) is 47.0 Å². The number of ether oxygens (including phenoxy) is 3. The van der Waals surface area contributed by atoms with Crippen molar-refractivity contribution < 1.29 is 24.1 Å². The van der Waals surface area contributed by atoms with Gasteiger partial charge in [-0.05, 0) is 84.4 Å². The van der Waals surface area contributed by atoms with Crippen molar-refractivity contribution in [1.82, 2.24) is 4.98 Å². The fourth-order valence-electron chi connectivity index (χ4n) is 8.36. The Morgan fingerprint density at radius 2 is 2.00 bits per heavy atom. The third kappa shape index (κ3) is 2.92. The number of carbonyl (C=O) groups is 1. The number of hydrogen-bond acceptors (Lipinski definition) is 7. The molecule has 4 aliphatic carbocycles. The molecule has 0 radical (unpaired) electrons. The lowest BCUT2D eigenvalue weighted by atomic mass is 9.59. The van der Waals surface area contributed by atoms with Crippen LogP contribution in [0.25, 0.3) is 10.1 Å². The molecule has 3 fully saturated rings. The molecule has 0 aromatic carbocycles. The first-order chi connectivity index (χ1) is 17.4. The summed E-state index contributed by atoms with van der Waals surface area (Å²) in [5.74, 6) is -0.0170. The lowest BCUT2D eigenvalue weighted by molar-refractivity contribution is -0.301. The summed E-state index contributed by atoms with van der Waals surface area (Å²) in [5.41, 5.74) is -0.989. The molecule has 8 atom stereocenters. The molecule has 1 aliphatic heterocycles. The van der Waals surface area contributed by atoms with Gasteiger partial charge in [0.05, 0.1) is 16.7 Å². The Hall–Kier alpha value is -2.06. The molecule has 2 bridgehead atoms. The number of carbonyl (C=O) groups excluding carboxylic acids is 1. The zero-order chi connectivity index (χ0) is 26.1. The van der Waals surface area contributed by atoms with Crippen LogP contribution < -0.4 is 4.74 Å². The molecular formula is C30H35NO5S. The Kier molecular flexibility index (Phi) is 4.75. The number of aromatic nitrogens is 1. The molecular weight excluding hydrogens is 486 g/mol. The maximum absolute atomic E-state index is 14.8. The highest BCUT2D eigenvalue weighted by Crippen LogP contribution is 2.72. The van der Waals surface area contributed by atoms with Crippen LogP contribution >= 0.6 is 11.3 Å². The Bertz CT molecular complexity index is 1390. The molecule has 3 heterocycles. The average molecular weight is 522 g/mol. The molecule has 2 aromatic heterocycles. The minimum atomic E-state index is -1.64. The number of hydrogen-bond donors (Lipinski definition) is 1. The number of rotatable bonds is 2. The second-order valence-corrected chi connectivity index (χ2v) is 13.9. The fourth-order valence-corrected chi connectivity index (χ4v) is 9.19. The van der Waals surface area contributed by atoms with Gasteiger partial charge in [0.2, 0.25) is 5.88 Å². The van der Waals surface area contributed by atoms with Gasteiger partial charge >= 0.3 is 0 Å². The highest BCUT2D eigenvalue weighted by Gasteiger charge is 2.77. The lowest BCUT2D eigenvalue weighted by Crippen LogP contribution is -2.68. The smallest absolute Gasteiger partial charge is 0.232 e. The zero-order valence-electron chi connectivity index (χ0n) is 22.3. The van der Waals surface area contributed by atoms with Crippen molar-refractivity contribution in [2.24, 2.45) is 34.5 Å². The van der Waals surface area contributed by atoms with Gasteiger partial charge in [0.1, 0.15) is 6.10 Å². The summed E-state index contributed by atoms with van der Waals surface area (Å²) < 4.78 is 20.3. The Balaban J connectivity index is 1.44. The van der Waals surface area contributed by atoms with Crippen molar-refractivity contribution in [2.45, 2.75) is 71.6 Å². The van der Waals surface area contributed by atoms with Gasteiger partial charge in [-0.15, -0.1) is 11.3 Å². The van der Waals surface area contributed by atoms with Crippen LogP contribution in [0.3, 0.4) is 0 Å². The molecule has 7 rings (SSSR count). The zero-order valence-corrected chi connectivity index (χ0v) is 23.1. The summed E-state index contributed by atoms with van der Waals surface area (Å²) in [4.78, 5) is 19.4. The van der Waals surface area contributed by atoms with E-state index in [1.54, 1.807) is 17.5 Å². The molecule has 2 saturated carbocycles. The summed E-state index contributed by atoms with van der Waals surface area (Å²) in [5, 5.41) is 16.2. The fraction of sp³-hybridized carbons (Fsp3) is 0.600. The maximum atomic E-state index is 14.8. The van der Waals surface area contributed by atoms with Gasteiger partial charge in [-0.25, -0.2) is 4.98 Å². The van der Waals surface area contributed by atoms with Crippen molar-refractivity contribution in [3.63, 3.8) is 0 Å². The first kappa shape index (κ1) is 24.0. The predicted molar refractivity (Wildman–Crippen MR) is 141 cm³/mol. The molecule has 6 nitrogen and oxygen atoms in total. The van der Waals surface area contributed by atoms with Gasteiger partial charge in [-0.3, -0.25) is 4.79 Å². The van der Waals surface area contributed by atoms with Gasteiger partial charge in [0.15, 0.2) is 23.3 Å². The Labute approximate surface area is 221 Å². The van der Waals surface area contributed by atoms with Gasteiger partial charge < -0.3 is 19.3 Å². The molecule has 37 heavy (non-hydrogen) atoms. The van der Waals surface area contributed by atoms with Crippen LogP contribution in [-0.4, -0.2) is 46.1 Å². The summed E-state index contributed by atoms with van der Waals surface area (Å²) >= 11 is 1.56. The van der Waals surface area contributed by atoms with Gasteiger partial charge in [0.25, 0.3) is 0 Å². The number of pyridine rings is 1. The van der Waals surface area contributed by atoms with Crippen LogP contribution in [0.2, 0.25) is 0 Å². The minimum absolute atomic E-state index is 0.0828. The van der Waals surface area contributed by atoms with Crippen LogP contribution in [0.5, 0.6) is 5.88 Å². The summed E-state index contributed by atoms with van der Waals surface area (Å²) in [6.07, 6.45) is 5.20. The second-order valence-electron chi connectivity index (χ2n) is 12.9. The molecule has 0 unspecified atom stereocenters. The first-order valence-electron chi connectivity index (χ1n) is 13.4. The van der Waals surface area contributed by atoms with Gasteiger partial charge in [0, 0.05) is 12.1 Å². The van der Waals surface area contributed by atoms with E-state index in [-0.39, 0.29) is 29.0 Å². The van der Waals surface area contributed by atoms with Crippen LogP contribution in [0.15, 0.2) is 47.0 Å². The quantitative estimate of drug-likeness (QED) is 0.540. The molecule has 5 aliphatic rings. The number of aliphatic hydroxyl groups is 1. The molecule has 1 saturated heterocycles. The van der Waals surface area contributed by atoms with Crippen LogP contribution in [0.4, 0.5) is 0 Å². The van der Waals surface area contributed by atoms with Crippen molar-refractivity contribution in [1.29, 1.82) is 0 Å². The lowest BCUT2D eigenvalue weighted by Gasteiger charge is -2.52. The van der Waals surface area contributed by atoms with E-state index in [9.17, 15) is 9.90 Å². The largest absolute Gasteiger partial charge is 0.466 e. The summed E-state index contributed by atoms with van der Waals surface area (Å²) in [7, 11) is 0. The topological polar surface area (TPSA) is 77.9 Å². The van der Waals surface area contributed by atoms with Crippen molar-refractivity contribution in [3.8, 4) is 5.88 Å². The number of allylic oxidation sites excluding steroid dienone is 1. The van der Waals surface area contributed by atoms with Crippen molar-refractivity contribution >= 4 is 27.2 Å². The van der Waals surface area contributed by atoms with Crippen molar-refractivity contribution in [2.75, 3.05) is 6.61 Å². The molecule has 0 amide bonds. The molecule has 2 aromatic rings. The predicted octanol–water partition coefficient (Wildman–Crippen LogP) is 5.31. The van der Waals surface area contributed by atoms with Crippen LogP contribution in [0.1, 0.15) is 48.0 Å². The number of ketones is 1. The van der Waals surface area contributed by atoms with Crippen LogP contribution in [0, 0.1) is 34.5 Å². The van der Waals surface area contributed by atoms with Crippen LogP contribution in [-0.2, 0) is 14.3 Å². The second kappa shape index (κ2) is 7.32. The normalized spacial score (nSPS) is 43.1. The molecule has 1 N–H and O–H groups in total. The number of Topliss-reactive ketones (excluding diaryl/α,β-unsaturated/α-hetero) is 1. The summed E-state index contributed by atoms with van der Waals surface area (Å²) in [6.45, 7) is 12.7. The standard InChI is InChI=1S/C30H35NO5S/c1-15-13-29-16(2)11-20-21(27(20,3)4)19(23(29)32)12-18-14-34-28(5,6)36-25(18)30(29,33)24(15)35-26-22-17(7-9-31-26)8-10-37-22/h7-10,12-13,16,19-21,24-25,33H,11,14H2,1-6H3/t16-,19+,20-,21+,24+,25-,29+,30-/m1/s1. The molecule has 1 spiro atoms. The van der Waals surface area contributed by atoms with E-state index in [0.29, 0.717) is 18.4 Å². The van der Waals surface area contributed by atoms with E-state index in [2.05, 4.69) is 31.8 Å². The summed E-state index contributed by atoms with van der Waals surface area (Å²) in [6, 6.07) is 3.99. The number of fused-ring (bicyclic) bond motifs is 6. The van der Waals surface area contributed by atoms with E-state index in [0.717, 1.165) is 27.7 Å². The van der Waals surface area contributed by atoms with E-state index in [1.165, 1.54) is 0 Å². The first-order valence-corrected chi connectivity index (χ1v) is 14.3. The van der Waals surface area contributed by atoms with Gasteiger partial charge in [-0.2, -0.15) is 0 Å². The van der Waals surface area contributed by atoms with E-state index >= 15 is 0 Å².